The van der Waals surface area contributed by atoms with Crippen molar-refractivity contribution in [2.45, 2.75) is 6.18 Å². The third-order valence-corrected chi connectivity index (χ3v) is 3.41. The van der Waals surface area contributed by atoms with E-state index in [0.717, 1.165) is 17.7 Å². The molecule has 1 aliphatic heterocycles. The topological polar surface area (TPSA) is 32.3 Å². The van der Waals surface area contributed by atoms with Crippen LogP contribution in [0.5, 0.6) is 0 Å². The van der Waals surface area contributed by atoms with Crippen LogP contribution in [0, 0.1) is 0 Å². The van der Waals surface area contributed by atoms with E-state index < -0.39 is 17.8 Å². The minimum absolute atomic E-state index is 0.324. The Labute approximate surface area is 124 Å². The van der Waals surface area contributed by atoms with E-state index in [0.29, 0.717) is 17.1 Å². The molecule has 2 aromatic carbocycles. The standard InChI is InChI=1S/C16H11F3N2O/c1-10-13-4-2-3-5-14(13)20-15(22)21(10)12-8-6-11(7-9-12)16(17,18)19/h2-9H,1H2,(H,20,22). The lowest BCUT2D eigenvalue weighted by Crippen LogP contribution is -2.37. The third-order valence-electron chi connectivity index (χ3n) is 3.41. The van der Waals surface area contributed by atoms with Crippen molar-refractivity contribution in [3.05, 3.63) is 66.2 Å². The molecule has 3 rings (SSSR count). The fourth-order valence-corrected chi connectivity index (χ4v) is 2.33. The largest absolute Gasteiger partial charge is 0.416 e. The molecule has 0 aliphatic carbocycles. The smallest absolute Gasteiger partial charge is 0.307 e. The molecule has 1 heterocycles. The van der Waals surface area contributed by atoms with Gasteiger partial charge in [0, 0.05) is 5.56 Å². The van der Waals surface area contributed by atoms with Gasteiger partial charge in [-0.2, -0.15) is 13.2 Å². The molecule has 1 N–H and O–H groups in total. The van der Waals surface area contributed by atoms with Crippen molar-refractivity contribution in [1.82, 2.24) is 0 Å². The van der Waals surface area contributed by atoms with Gasteiger partial charge in [-0.1, -0.05) is 24.8 Å². The molecule has 112 valence electrons. The van der Waals surface area contributed by atoms with Crippen molar-refractivity contribution in [1.29, 1.82) is 0 Å². The van der Waals surface area contributed by atoms with Gasteiger partial charge in [-0.05, 0) is 30.3 Å². The summed E-state index contributed by atoms with van der Waals surface area (Å²) in [5, 5.41) is 2.69. The molecule has 2 aromatic rings. The summed E-state index contributed by atoms with van der Waals surface area (Å²) in [6.45, 7) is 3.88. The Balaban J connectivity index is 1.99. The van der Waals surface area contributed by atoms with Crippen molar-refractivity contribution in [3.63, 3.8) is 0 Å². The molecule has 0 saturated heterocycles. The maximum absolute atomic E-state index is 12.6. The summed E-state index contributed by atoms with van der Waals surface area (Å²) in [5.41, 5.74) is 1.33. The third kappa shape index (κ3) is 2.32. The van der Waals surface area contributed by atoms with Crippen LogP contribution in [-0.4, -0.2) is 6.03 Å². The number of benzene rings is 2. The fraction of sp³-hybridized carbons (Fsp3) is 0.0625. The lowest BCUT2D eigenvalue weighted by atomic mass is 10.1. The van der Waals surface area contributed by atoms with E-state index in [1.807, 2.05) is 0 Å². The molecule has 0 bridgehead atoms. The molecule has 22 heavy (non-hydrogen) atoms. The Kier molecular flexibility index (Phi) is 3.16. The number of anilines is 2. The second kappa shape index (κ2) is 4.91. The van der Waals surface area contributed by atoms with Crippen LogP contribution in [-0.2, 0) is 6.18 Å². The molecule has 0 atom stereocenters. The summed E-state index contributed by atoms with van der Waals surface area (Å²) in [6.07, 6.45) is -4.41. The molecule has 1 aliphatic rings. The van der Waals surface area contributed by atoms with Crippen molar-refractivity contribution in [3.8, 4) is 0 Å². The van der Waals surface area contributed by atoms with E-state index in [-0.39, 0.29) is 0 Å². The molecule has 0 spiro atoms. The zero-order valence-corrected chi connectivity index (χ0v) is 11.3. The summed E-state index contributed by atoms with van der Waals surface area (Å²) in [4.78, 5) is 13.4. The second-order valence-corrected chi connectivity index (χ2v) is 4.80. The number of carbonyl (C=O) groups excluding carboxylic acids is 1. The molecule has 2 amide bonds. The number of nitrogens with zero attached hydrogens (tertiary/aromatic N) is 1. The number of carbonyl (C=O) groups is 1. The van der Waals surface area contributed by atoms with Gasteiger partial charge in [0.15, 0.2) is 0 Å². The van der Waals surface area contributed by atoms with E-state index >= 15 is 0 Å². The number of fused-ring (bicyclic) bond motifs is 1. The summed E-state index contributed by atoms with van der Waals surface area (Å²) >= 11 is 0. The van der Waals surface area contributed by atoms with Gasteiger partial charge in [0.05, 0.1) is 22.6 Å². The highest BCUT2D eigenvalue weighted by molar-refractivity contribution is 6.16. The quantitative estimate of drug-likeness (QED) is 0.811. The molecule has 0 unspecified atom stereocenters. The summed E-state index contributed by atoms with van der Waals surface area (Å²) in [5.74, 6) is 0. The minimum atomic E-state index is -4.41. The van der Waals surface area contributed by atoms with Crippen LogP contribution >= 0.6 is 0 Å². The highest BCUT2D eigenvalue weighted by Crippen LogP contribution is 2.36. The predicted molar refractivity (Wildman–Crippen MR) is 78.4 cm³/mol. The molecular formula is C16H11F3N2O. The first-order valence-electron chi connectivity index (χ1n) is 6.44. The Hall–Kier alpha value is -2.76. The highest BCUT2D eigenvalue weighted by Gasteiger charge is 2.31. The van der Waals surface area contributed by atoms with Crippen LogP contribution in [0.15, 0.2) is 55.1 Å². The van der Waals surface area contributed by atoms with Gasteiger partial charge < -0.3 is 5.32 Å². The fourth-order valence-electron chi connectivity index (χ4n) is 2.33. The van der Waals surface area contributed by atoms with E-state index in [2.05, 4.69) is 11.9 Å². The SMILES string of the molecule is C=C1c2ccccc2NC(=O)N1c1ccc(C(F)(F)F)cc1. The maximum atomic E-state index is 12.6. The van der Waals surface area contributed by atoms with Crippen molar-refractivity contribution in [2.75, 3.05) is 10.2 Å². The van der Waals surface area contributed by atoms with Crippen LogP contribution < -0.4 is 10.2 Å². The Bertz CT molecular complexity index is 751. The van der Waals surface area contributed by atoms with Gasteiger partial charge in [-0.15, -0.1) is 0 Å². The second-order valence-electron chi connectivity index (χ2n) is 4.80. The lowest BCUT2D eigenvalue weighted by molar-refractivity contribution is -0.137. The zero-order valence-electron chi connectivity index (χ0n) is 11.3. The maximum Gasteiger partial charge on any atom is 0.416 e. The van der Waals surface area contributed by atoms with Gasteiger partial charge in [-0.3, -0.25) is 4.90 Å². The van der Waals surface area contributed by atoms with E-state index in [1.54, 1.807) is 24.3 Å². The van der Waals surface area contributed by atoms with Crippen LogP contribution in [0.25, 0.3) is 5.70 Å². The van der Waals surface area contributed by atoms with Gasteiger partial charge in [-0.25, -0.2) is 4.79 Å². The predicted octanol–water partition coefficient (Wildman–Crippen LogP) is 4.73. The average Bonchev–Trinajstić information content (AvgIpc) is 2.47. The molecule has 3 nitrogen and oxygen atoms in total. The number of urea groups is 1. The van der Waals surface area contributed by atoms with Crippen molar-refractivity contribution < 1.29 is 18.0 Å². The number of para-hydroxylation sites is 1. The average molecular weight is 304 g/mol. The van der Waals surface area contributed by atoms with Crippen molar-refractivity contribution >= 4 is 23.1 Å². The van der Waals surface area contributed by atoms with Gasteiger partial charge >= 0.3 is 12.2 Å². The molecule has 0 fully saturated rings. The molecule has 0 aromatic heterocycles. The highest BCUT2D eigenvalue weighted by atomic mass is 19.4. The zero-order chi connectivity index (χ0) is 15.9. The molecule has 0 radical (unpaired) electrons. The molecule has 6 heteroatoms. The number of halogens is 3. The van der Waals surface area contributed by atoms with Crippen LogP contribution in [0.2, 0.25) is 0 Å². The summed E-state index contributed by atoms with van der Waals surface area (Å²) in [6, 6.07) is 11.0. The van der Waals surface area contributed by atoms with Crippen LogP contribution in [0.1, 0.15) is 11.1 Å². The van der Waals surface area contributed by atoms with E-state index in [4.69, 9.17) is 0 Å². The van der Waals surface area contributed by atoms with Gasteiger partial charge in [0.1, 0.15) is 0 Å². The Morgan fingerprint density at radius 1 is 1.00 bits per heavy atom. The normalized spacial score (nSPS) is 14.6. The first kappa shape index (κ1) is 14.2. The van der Waals surface area contributed by atoms with Crippen molar-refractivity contribution in [2.24, 2.45) is 0 Å². The van der Waals surface area contributed by atoms with Crippen LogP contribution in [0.3, 0.4) is 0 Å². The Morgan fingerprint density at radius 2 is 1.64 bits per heavy atom. The number of hydrogen-bond donors (Lipinski definition) is 1. The van der Waals surface area contributed by atoms with Gasteiger partial charge in [0.25, 0.3) is 0 Å². The first-order valence-corrected chi connectivity index (χ1v) is 6.44. The summed E-state index contributed by atoms with van der Waals surface area (Å²) in [7, 11) is 0. The minimum Gasteiger partial charge on any atom is -0.307 e. The number of rotatable bonds is 1. The van der Waals surface area contributed by atoms with E-state index in [1.165, 1.54) is 17.0 Å². The van der Waals surface area contributed by atoms with Crippen LogP contribution in [0.4, 0.5) is 29.3 Å². The number of nitrogens with one attached hydrogen (secondary N) is 1. The van der Waals surface area contributed by atoms with E-state index in [9.17, 15) is 18.0 Å². The number of amides is 2. The lowest BCUT2D eigenvalue weighted by Gasteiger charge is -2.31. The molecular weight excluding hydrogens is 293 g/mol. The molecule has 0 saturated carbocycles. The monoisotopic (exact) mass is 304 g/mol. The first-order chi connectivity index (χ1) is 10.4. The van der Waals surface area contributed by atoms with Gasteiger partial charge in [0.2, 0.25) is 0 Å². The number of hydrogen-bond acceptors (Lipinski definition) is 1. The Morgan fingerprint density at radius 3 is 2.27 bits per heavy atom. The summed E-state index contributed by atoms with van der Waals surface area (Å²) < 4.78 is 37.8. The number of alkyl halides is 3.